The fourth-order valence-corrected chi connectivity index (χ4v) is 0.829. The minimum Gasteiger partial charge on any atom is -0.389 e. The van der Waals surface area contributed by atoms with Gasteiger partial charge in [-0.1, -0.05) is 43.2 Å². The van der Waals surface area contributed by atoms with Crippen molar-refractivity contribution >= 4 is 14.8 Å². The maximum atomic E-state index is 3.77. The lowest BCUT2D eigenvalue weighted by Crippen LogP contribution is -2.26. The molecule has 3 heteroatoms. The Kier molecular flexibility index (Phi) is 6.58. The lowest BCUT2D eigenvalue weighted by Gasteiger charge is -2.11. The summed E-state index contributed by atoms with van der Waals surface area (Å²) in [5.41, 5.74) is 1.26. The van der Waals surface area contributed by atoms with Crippen molar-refractivity contribution in [1.82, 2.24) is 4.72 Å². The maximum Gasteiger partial charge on any atom is 0.226 e. The molecular formula is C9H17B2N. The van der Waals surface area contributed by atoms with Gasteiger partial charge in [-0.25, -0.2) is 0 Å². The first-order valence-electron chi connectivity index (χ1n) is 4.37. The van der Waals surface area contributed by atoms with Gasteiger partial charge in [0.2, 0.25) is 7.41 Å². The molecule has 0 aliphatic rings. The monoisotopic (exact) mass is 161 g/mol. The molecule has 0 unspecified atom stereocenters. The number of allylic oxidation sites excluding steroid dienone is 5. The van der Waals surface area contributed by atoms with Crippen LogP contribution < -0.4 is 0 Å². The third-order valence-corrected chi connectivity index (χ3v) is 1.76. The molecule has 0 atom stereocenters. The minimum atomic E-state index is 0.977. The average Bonchev–Trinajstić information content (AvgIpc) is 2.11. The molecule has 0 rings (SSSR count). The molecule has 12 heavy (non-hydrogen) atoms. The largest absolute Gasteiger partial charge is 0.389 e. The van der Waals surface area contributed by atoms with E-state index in [1.54, 1.807) is 0 Å². The molecule has 0 fully saturated rings. The van der Waals surface area contributed by atoms with Crippen LogP contribution in [0.25, 0.3) is 0 Å². The molecular weight excluding hydrogens is 144 g/mol. The molecule has 0 N–H and O–H groups in total. The first-order valence-corrected chi connectivity index (χ1v) is 4.37. The standard InChI is InChI=1S/C9H17B2N/c1-5-7-8-9(6-2)11-12(4)10-3/h5-8,10-11H,2H2,1,3-4H3/b7-5-,9-8+. The molecule has 0 aromatic rings. The molecule has 0 aliphatic carbocycles. The Morgan fingerprint density at radius 2 is 2.17 bits per heavy atom. The van der Waals surface area contributed by atoms with Crippen LogP contribution in [-0.4, -0.2) is 26.6 Å². The van der Waals surface area contributed by atoms with Gasteiger partial charge in [0.25, 0.3) is 0 Å². The van der Waals surface area contributed by atoms with Gasteiger partial charge >= 0.3 is 0 Å². The van der Waals surface area contributed by atoms with E-state index in [0.717, 1.165) is 14.8 Å². The second kappa shape index (κ2) is 6.99. The summed E-state index contributed by atoms with van der Waals surface area (Å²) < 4.78 is 2.25. The summed E-state index contributed by atoms with van der Waals surface area (Å²) in [5, 5.41) is 0. The third-order valence-electron chi connectivity index (χ3n) is 1.76. The molecule has 0 aromatic carbocycles. The summed E-state index contributed by atoms with van der Waals surface area (Å²) >= 11 is 0. The van der Waals surface area contributed by atoms with Crippen LogP contribution in [0.5, 0.6) is 0 Å². The molecule has 0 bridgehead atoms. The highest BCUT2D eigenvalue weighted by Crippen LogP contribution is 1.95. The quantitative estimate of drug-likeness (QED) is 0.434. The van der Waals surface area contributed by atoms with Gasteiger partial charge in [-0.05, 0) is 14.0 Å². The first kappa shape index (κ1) is 11.3. The van der Waals surface area contributed by atoms with E-state index >= 15 is 0 Å². The Balaban J connectivity index is 4.07. The molecule has 0 saturated heterocycles. The third kappa shape index (κ3) is 5.03. The van der Waals surface area contributed by atoms with Crippen molar-refractivity contribution in [3.05, 3.63) is 36.4 Å². The highest BCUT2D eigenvalue weighted by atomic mass is 14.9. The number of hydrogen-bond acceptors (Lipinski definition) is 1. The summed E-state index contributed by atoms with van der Waals surface area (Å²) in [6.07, 6.45) is 8.07. The Hall–Kier alpha value is -0.690. The van der Waals surface area contributed by atoms with E-state index in [1.165, 1.54) is 5.47 Å². The van der Waals surface area contributed by atoms with E-state index in [1.807, 2.05) is 25.2 Å². The normalized spacial score (nSPS) is 12.2. The Labute approximate surface area is 77.4 Å². The van der Waals surface area contributed by atoms with Gasteiger partial charge in [0, 0.05) is 0 Å². The van der Waals surface area contributed by atoms with Crippen LogP contribution in [0.2, 0.25) is 6.82 Å². The minimum absolute atomic E-state index is 0.977. The lowest BCUT2D eigenvalue weighted by molar-refractivity contribution is 0.856. The van der Waals surface area contributed by atoms with Crippen molar-refractivity contribution in [3.63, 3.8) is 0 Å². The molecule has 0 heterocycles. The maximum absolute atomic E-state index is 3.77. The second-order valence-corrected chi connectivity index (χ2v) is 2.80. The van der Waals surface area contributed by atoms with Crippen molar-refractivity contribution in [1.29, 1.82) is 0 Å². The summed E-state index contributed by atoms with van der Waals surface area (Å²) in [4.78, 5) is 0. The van der Waals surface area contributed by atoms with Gasteiger partial charge in [-0.3, -0.25) is 0 Å². The van der Waals surface area contributed by atoms with E-state index < -0.39 is 0 Å². The fraction of sp³-hybridized carbons (Fsp3) is 0.333. The van der Waals surface area contributed by atoms with Gasteiger partial charge in [-0.2, -0.15) is 0 Å². The fourth-order valence-electron chi connectivity index (χ4n) is 0.829. The van der Waals surface area contributed by atoms with Crippen LogP contribution in [0.3, 0.4) is 0 Å². The van der Waals surface area contributed by atoms with Crippen molar-refractivity contribution < 1.29 is 0 Å². The Bertz CT molecular complexity index is 185. The molecule has 0 spiro atoms. The van der Waals surface area contributed by atoms with Crippen LogP contribution in [0.1, 0.15) is 6.92 Å². The van der Waals surface area contributed by atoms with E-state index in [-0.39, 0.29) is 0 Å². The molecule has 0 aromatic heterocycles. The zero-order valence-corrected chi connectivity index (χ0v) is 8.38. The summed E-state index contributed by atoms with van der Waals surface area (Å²) in [7, 11) is 4.15. The van der Waals surface area contributed by atoms with Crippen molar-refractivity contribution in [3.8, 4) is 0 Å². The molecule has 1 nitrogen and oxygen atoms in total. The van der Waals surface area contributed by atoms with E-state index in [0.29, 0.717) is 0 Å². The Morgan fingerprint density at radius 3 is 2.58 bits per heavy atom. The zero-order valence-electron chi connectivity index (χ0n) is 8.38. The van der Waals surface area contributed by atoms with E-state index in [2.05, 4.69) is 31.2 Å². The van der Waals surface area contributed by atoms with Gasteiger partial charge in [0.05, 0.1) is 0 Å². The van der Waals surface area contributed by atoms with E-state index in [4.69, 9.17) is 0 Å². The predicted octanol–water partition coefficient (Wildman–Crippen LogP) is 1.32. The summed E-state index contributed by atoms with van der Waals surface area (Å²) in [6.45, 7) is 7.94. The van der Waals surface area contributed by atoms with Crippen LogP contribution in [0, 0.1) is 0 Å². The number of nitrogens with zero attached hydrogens (tertiary/aromatic N) is 1. The smallest absolute Gasteiger partial charge is 0.226 e. The summed E-state index contributed by atoms with van der Waals surface area (Å²) in [5.74, 6) is 0. The van der Waals surface area contributed by atoms with Gasteiger partial charge in [0.15, 0.2) is 7.41 Å². The molecule has 0 aliphatic heterocycles. The topological polar surface area (TPSA) is 3.24 Å². The molecule has 0 radical (unpaired) electrons. The molecule has 64 valence electrons. The molecule has 0 saturated carbocycles. The van der Waals surface area contributed by atoms with Gasteiger partial charge in [-0.15, -0.1) is 0 Å². The summed E-state index contributed by atoms with van der Waals surface area (Å²) in [6, 6.07) is 0. The second-order valence-electron chi connectivity index (χ2n) is 2.80. The average molecular weight is 161 g/mol. The van der Waals surface area contributed by atoms with Crippen LogP contribution in [0.4, 0.5) is 0 Å². The van der Waals surface area contributed by atoms with Crippen LogP contribution in [0.15, 0.2) is 36.4 Å². The number of rotatable bonds is 5. The van der Waals surface area contributed by atoms with Crippen molar-refractivity contribution in [2.24, 2.45) is 0 Å². The van der Waals surface area contributed by atoms with Gasteiger partial charge in [0.1, 0.15) is 0 Å². The number of hydrogen-bond donors (Lipinski definition) is 0. The van der Waals surface area contributed by atoms with Crippen LogP contribution >= 0.6 is 0 Å². The van der Waals surface area contributed by atoms with Gasteiger partial charge < -0.3 is 4.72 Å². The van der Waals surface area contributed by atoms with Crippen molar-refractivity contribution in [2.45, 2.75) is 13.7 Å². The van der Waals surface area contributed by atoms with E-state index in [9.17, 15) is 0 Å². The predicted molar refractivity (Wildman–Crippen MR) is 61.0 cm³/mol. The highest BCUT2D eigenvalue weighted by Gasteiger charge is 1.99. The first-order chi connectivity index (χ1) is 5.74. The highest BCUT2D eigenvalue weighted by molar-refractivity contribution is 6.55. The molecule has 0 amide bonds. The lowest BCUT2D eigenvalue weighted by atomic mass is 9.72. The zero-order chi connectivity index (χ0) is 9.40. The SMILES string of the molecule is C=C/C(BN(C)BC)=C\C=C/C. The Morgan fingerprint density at radius 1 is 1.50 bits per heavy atom. The van der Waals surface area contributed by atoms with Crippen molar-refractivity contribution in [2.75, 3.05) is 7.05 Å². The van der Waals surface area contributed by atoms with Crippen LogP contribution in [-0.2, 0) is 0 Å².